The fourth-order valence-electron chi connectivity index (χ4n) is 1.77. The van der Waals surface area contributed by atoms with Gasteiger partial charge in [0, 0.05) is 12.1 Å². The lowest BCUT2D eigenvalue weighted by molar-refractivity contribution is 0.242. The van der Waals surface area contributed by atoms with Gasteiger partial charge in [-0.05, 0) is 38.3 Å². The first-order valence-electron chi connectivity index (χ1n) is 5.55. The average Bonchev–Trinajstić information content (AvgIpc) is 2.21. The number of nitrogens with one attached hydrogen (secondary N) is 1. The SMILES string of the molecule is Cc1ccccc1CC(C)N[C@H](C)CO. The van der Waals surface area contributed by atoms with Gasteiger partial charge in [-0.1, -0.05) is 24.3 Å². The van der Waals surface area contributed by atoms with E-state index in [4.69, 9.17) is 5.11 Å². The minimum atomic E-state index is 0.170. The van der Waals surface area contributed by atoms with E-state index in [9.17, 15) is 0 Å². The van der Waals surface area contributed by atoms with Crippen LogP contribution in [0.2, 0.25) is 0 Å². The Morgan fingerprint density at radius 2 is 1.87 bits per heavy atom. The van der Waals surface area contributed by atoms with Crippen LogP contribution in [0.15, 0.2) is 24.3 Å². The highest BCUT2D eigenvalue weighted by Crippen LogP contribution is 2.09. The lowest BCUT2D eigenvalue weighted by Crippen LogP contribution is -2.38. The molecule has 84 valence electrons. The van der Waals surface area contributed by atoms with E-state index in [2.05, 4.69) is 43.4 Å². The molecule has 1 aromatic rings. The van der Waals surface area contributed by atoms with Crippen LogP contribution in [-0.2, 0) is 6.42 Å². The molecule has 15 heavy (non-hydrogen) atoms. The molecule has 0 fully saturated rings. The molecule has 0 aliphatic heterocycles. The lowest BCUT2D eigenvalue weighted by atomic mass is 10.0. The van der Waals surface area contributed by atoms with Gasteiger partial charge in [0.25, 0.3) is 0 Å². The predicted octanol–water partition coefficient (Wildman–Crippen LogP) is 1.90. The third-order valence-electron chi connectivity index (χ3n) is 2.63. The van der Waals surface area contributed by atoms with Crippen LogP contribution in [0.4, 0.5) is 0 Å². The molecule has 0 saturated heterocycles. The second-order valence-electron chi connectivity index (χ2n) is 4.28. The molecule has 0 aromatic heterocycles. The second-order valence-corrected chi connectivity index (χ2v) is 4.28. The minimum absolute atomic E-state index is 0.170. The molecule has 0 spiro atoms. The quantitative estimate of drug-likeness (QED) is 0.773. The standard InChI is InChI=1S/C13H21NO/c1-10-6-4-5-7-13(10)8-11(2)14-12(3)9-15/h4-7,11-12,14-15H,8-9H2,1-3H3/t11?,12-/m1/s1. The highest BCUT2D eigenvalue weighted by atomic mass is 16.3. The highest BCUT2D eigenvalue weighted by molar-refractivity contribution is 5.26. The van der Waals surface area contributed by atoms with Crippen molar-refractivity contribution in [2.24, 2.45) is 0 Å². The van der Waals surface area contributed by atoms with Gasteiger partial charge in [-0.2, -0.15) is 0 Å². The van der Waals surface area contributed by atoms with Gasteiger partial charge in [-0.15, -0.1) is 0 Å². The zero-order valence-corrected chi connectivity index (χ0v) is 9.83. The Morgan fingerprint density at radius 3 is 2.47 bits per heavy atom. The molecular formula is C13H21NO. The van der Waals surface area contributed by atoms with Gasteiger partial charge >= 0.3 is 0 Å². The number of rotatable bonds is 5. The lowest BCUT2D eigenvalue weighted by Gasteiger charge is -2.19. The first kappa shape index (κ1) is 12.2. The van der Waals surface area contributed by atoms with Crippen LogP contribution < -0.4 is 5.32 Å². The van der Waals surface area contributed by atoms with Crippen molar-refractivity contribution in [1.82, 2.24) is 5.32 Å². The van der Waals surface area contributed by atoms with Crippen LogP contribution in [-0.4, -0.2) is 23.8 Å². The summed E-state index contributed by atoms with van der Waals surface area (Å²) in [6, 6.07) is 9.00. The van der Waals surface area contributed by atoms with Gasteiger partial charge < -0.3 is 10.4 Å². The van der Waals surface area contributed by atoms with E-state index in [0.29, 0.717) is 6.04 Å². The number of hydrogen-bond acceptors (Lipinski definition) is 2. The Morgan fingerprint density at radius 1 is 1.20 bits per heavy atom. The largest absolute Gasteiger partial charge is 0.395 e. The minimum Gasteiger partial charge on any atom is -0.395 e. The summed E-state index contributed by atoms with van der Waals surface area (Å²) >= 11 is 0. The summed E-state index contributed by atoms with van der Waals surface area (Å²) in [6.07, 6.45) is 1.01. The number of aliphatic hydroxyl groups excluding tert-OH is 1. The number of aliphatic hydroxyl groups is 1. The van der Waals surface area contributed by atoms with Crippen molar-refractivity contribution in [3.63, 3.8) is 0 Å². The Bertz CT molecular complexity index is 298. The molecular weight excluding hydrogens is 186 g/mol. The van der Waals surface area contributed by atoms with Gasteiger partial charge in [-0.3, -0.25) is 0 Å². The molecule has 0 aliphatic rings. The third-order valence-corrected chi connectivity index (χ3v) is 2.63. The summed E-state index contributed by atoms with van der Waals surface area (Å²) in [4.78, 5) is 0. The van der Waals surface area contributed by atoms with Gasteiger partial charge in [0.15, 0.2) is 0 Å². The summed E-state index contributed by atoms with van der Waals surface area (Å²) < 4.78 is 0. The Balaban J connectivity index is 2.51. The van der Waals surface area contributed by atoms with E-state index >= 15 is 0 Å². The van der Waals surface area contributed by atoms with Gasteiger partial charge in [0.05, 0.1) is 6.61 Å². The first-order chi connectivity index (χ1) is 7.13. The average molecular weight is 207 g/mol. The zero-order valence-electron chi connectivity index (χ0n) is 9.83. The molecule has 0 bridgehead atoms. The topological polar surface area (TPSA) is 32.3 Å². The zero-order chi connectivity index (χ0) is 11.3. The van der Waals surface area contributed by atoms with Gasteiger partial charge in [0.1, 0.15) is 0 Å². The number of aryl methyl sites for hydroxylation is 1. The molecule has 2 heteroatoms. The van der Waals surface area contributed by atoms with Crippen molar-refractivity contribution in [2.75, 3.05) is 6.61 Å². The summed E-state index contributed by atoms with van der Waals surface area (Å²) in [6.45, 7) is 6.47. The fraction of sp³-hybridized carbons (Fsp3) is 0.538. The monoisotopic (exact) mass is 207 g/mol. The van der Waals surface area contributed by atoms with E-state index in [0.717, 1.165) is 6.42 Å². The Hall–Kier alpha value is -0.860. The third kappa shape index (κ3) is 4.02. The van der Waals surface area contributed by atoms with E-state index < -0.39 is 0 Å². The van der Waals surface area contributed by atoms with Crippen LogP contribution in [0, 0.1) is 6.92 Å². The number of hydrogen-bond donors (Lipinski definition) is 2. The molecule has 1 rings (SSSR count). The van der Waals surface area contributed by atoms with Gasteiger partial charge in [0.2, 0.25) is 0 Å². The predicted molar refractivity (Wildman–Crippen MR) is 64.0 cm³/mol. The molecule has 0 heterocycles. The fourth-order valence-corrected chi connectivity index (χ4v) is 1.77. The maximum Gasteiger partial charge on any atom is 0.0582 e. The highest BCUT2D eigenvalue weighted by Gasteiger charge is 2.07. The van der Waals surface area contributed by atoms with Crippen LogP contribution in [0.3, 0.4) is 0 Å². The summed E-state index contributed by atoms with van der Waals surface area (Å²) in [5, 5.41) is 12.3. The van der Waals surface area contributed by atoms with Crippen LogP contribution in [0.25, 0.3) is 0 Å². The maximum absolute atomic E-state index is 8.94. The molecule has 1 aromatic carbocycles. The van der Waals surface area contributed by atoms with Crippen molar-refractivity contribution in [2.45, 2.75) is 39.3 Å². The van der Waals surface area contributed by atoms with Crippen LogP contribution in [0.5, 0.6) is 0 Å². The Kier molecular flexibility index (Phi) is 4.79. The van der Waals surface area contributed by atoms with Crippen molar-refractivity contribution in [3.8, 4) is 0 Å². The second kappa shape index (κ2) is 5.89. The molecule has 0 amide bonds. The van der Waals surface area contributed by atoms with E-state index in [-0.39, 0.29) is 12.6 Å². The first-order valence-corrected chi connectivity index (χ1v) is 5.55. The van der Waals surface area contributed by atoms with Crippen LogP contribution >= 0.6 is 0 Å². The summed E-state index contributed by atoms with van der Waals surface area (Å²) in [5.74, 6) is 0. The number of benzene rings is 1. The maximum atomic E-state index is 8.94. The van der Waals surface area contributed by atoms with Crippen molar-refractivity contribution in [1.29, 1.82) is 0 Å². The molecule has 0 aliphatic carbocycles. The van der Waals surface area contributed by atoms with E-state index in [1.54, 1.807) is 0 Å². The molecule has 0 saturated carbocycles. The molecule has 2 atom stereocenters. The van der Waals surface area contributed by atoms with Crippen LogP contribution in [0.1, 0.15) is 25.0 Å². The van der Waals surface area contributed by atoms with Crippen molar-refractivity contribution >= 4 is 0 Å². The van der Waals surface area contributed by atoms with Crippen molar-refractivity contribution < 1.29 is 5.11 Å². The molecule has 2 N–H and O–H groups in total. The van der Waals surface area contributed by atoms with Crippen molar-refractivity contribution in [3.05, 3.63) is 35.4 Å². The molecule has 1 unspecified atom stereocenters. The van der Waals surface area contributed by atoms with E-state index in [1.165, 1.54) is 11.1 Å². The molecule has 0 radical (unpaired) electrons. The Labute approximate surface area is 92.3 Å². The summed E-state index contributed by atoms with van der Waals surface area (Å²) in [7, 11) is 0. The smallest absolute Gasteiger partial charge is 0.0582 e. The van der Waals surface area contributed by atoms with E-state index in [1.807, 2.05) is 6.92 Å². The molecule has 2 nitrogen and oxygen atoms in total. The summed E-state index contributed by atoms with van der Waals surface area (Å²) in [5.41, 5.74) is 2.71. The van der Waals surface area contributed by atoms with Gasteiger partial charge in [-0.25, -0.2) is 0 Å². The normalized spacial score (nSPS) is 14.9.